The van der Waals surface area contributed by atoms with E-state index in [9.17, 15) is 9.59 Å². The van der Waals surface area contributed by atoms with E-state index in [2.05, 4.69) is 19.9 Å². The zero-order chi connectivity index (χ0) is 24.2. The summed E-state index contributed by atoms with van der Waals surface area (Å²) in [4.78, 5) is 32.3. The standard InChI is InChI=1S/2C4H4N2O.8H2/c2*7-4-1-2-5-3-6-4;;;;;;;;/h2*1-3H,(H,5,6,7);8*1H/i;;7*1+1D;1+1. The lowest BCUT2D eigenvalue weighted by Crippen LogP contribution is -2.00. The van der Waals surface area contributed by atoms with Gasteiger partial charge in [0, 0.05) is 46.7 Å². The summed E-state index contributed by atoms with van der Waals surface area (Å²) in [7, 11) is 0. The van der Waals surface area contributed by atoms with Gasteiger partial charge in [-0.25, -0.2) is 9.97 Å². The number of rotatable bonds is 0. The van der Waals surface area contributed by atoms with Gasteiger partial charge in [-0.1, -0.05) is 0 Å². The normalized spacial score (nSPS) is 12.6. The Balaban J connectivity index is -0.0000000313. The molecule has 0 saturated carbocycles. The van der Waals surface area contributed by atoms with E-state index in [0.717, 1.165) is 0 Å². The number of nitrogens with zero attached hydrogens (tertiary/aromatic N) is 2. The van der Waals surface area contributed by atoms with Gasteiger partial charge < -0.3 is 9.97 Å². The van der Waals surface area contributed by atoms with Crippen LogP contribution in [-0.2, 0) is 0 Å². The third-order valence-electron chi connectivity index (χ3n) is 1.19. The number of hydrogen-bond donors (Lipinski definition) is 2. The first kappa shape index (κ1) is 3.87. The third kappa shape index (κ3) is 3.96. The molecule has 2 aromatic rings. The van der Waals surface area contributed by atoms with E-state index in [-0.39, 0.29) is 12.5 Å². The Bertz CT molecular complexity index is 425. The number of nitrogens with one attached hydrogen (secondary N) is 2. The fourth-order valence-electron chi connectivity index (χ4n) is 0.606. The predicted molar refractivity (Wildman–Crippen MR) is 66.6 cm³/mol. The maximum absolute atomic E-state index is 10.2. The molecule has 0 atom stereocenters. The van der Waals surface area contributed by atoms with Gasteiger partial charge in [0.05, 0.1) is 12.7 Å². The number of aromatic nitrogens is 4. The molecule has 14 heavy (non-hydrogen) atoms. The number of aromatic amines is 2. The molecule has 0 aliphatic carbocycles. The van der Waals surface area contributed by atoms with E-state index >= 15 is 0 Å². The largest absolute Gasteiger partial charge is 0.313 e. The van der Waals surface area contributed by atoms with Crippen LogP contribution in [0.25, 0.3) is 0 Å². The summed E-state index contributed by atoms with van der Waals surface area (Å²) < 4.78 is 70.0. The number of hydrogen-bond acceptors (Lipinski definition) is 4. The van der Waals surface area contributed by atoms with Crippen molar-refractivity contribution in [1.29, 1.82) is 0 Å². The van der Waals surface area contributed by atoms with Crippen molar-refractivity contribution in [3.05, 3.63) is 57.9 Å². The van der Waals surface area contributed by atoms with E-state index in [1.54, 1.807) is 0 Å². The molecule has 2 rings (SSSR count). The Morgan fingerprint density at radius 1 is 1.00 bits per heavy atom. The molecule has 2 heterocycles. The van der Waals surface area contributed by atoms with Gasteiger partial charge in [-0.15, -0.1) is 0 Å². The molecule has 2 N–H and O–H groups in total. The maximum Gasteiger partial charge on any atom is 0.250 e. The molecule has 0 fully saturated rings. The monoisotopic (exact) mass is 223 g/mol. The molecule has 6 heteroatoms. The molecule has 0 radical (unpaired) electrons. The summed E-state index contributed by atoms with van der Waals surface area (Å²) in [6, 6.07) is 2.72. The molecular formula is C8H24N4O2. The van der Waals surface area contributed by atoms with E-state index in [4.69, 9.17) is 20.8 Å². The van der Waals surface area contributed by atoms with Crippen LogP contribution in [0.3, 0.4) is 0 Å². The summed E-state index contributed by atoms with van der Waals surface area (Å²) in [6.45, 7) is 0. The van der Waals surface area contributed by atoms with Crippen molar-refractivity contribution in [2.24, 2.45) is 0 Å². The van der Waals surface area contributed by atoms with Crippen molar-refractivity contribution in [3.63, 3.8) is 0 Å². The molecule has 0 saturated heterocycles. The zero-order valence-corrected chi connectivity index (χ0v) is 7.18. The minimum atomic E-state index is -0.116. The van der Waals surface area contributed by atoms with Crippen molar-refractivity contribution in [2.45, 2.75) is 0 Å². The van der Waals surface area contributed by atoms with Crippen molar-refractivity contribution in [3.8, 4) is 0 Å². The highest BCUT2D eigenvalue weighted by Gasteiger charge is 1.71. The van der Waals surface area contributed by atoms with Crippen molar-refractivity contribution in [1.82, 2.24) is 19.9 Å². The van der Waals surface area contributed by atoms with Crippen LogP contribution < -0.4 is 11.1 Å². The second-order valence-electron chi connectivity index (χ2n) is 2.20. The molecule has 0 spiro atoms. The molecule has 88 valence electrons. The minimum absolute atomic E-state index is 0. The quantitative estimate of drug-likeness (QED) is 0.708. The molecule has 0 aromatic carbocycles. The SMILES string of the molecule is O=c1ccnc[nH]1.O=c1ccnc[nH]1.[2HH].[2H][2H].[2H][2H].[2H][2H].[2H][2H].[2H][2H].[2H][2H].[2H][2H]. The van der Waals surface area contributed by atoms with Crippen LogP contribution >= 0.6 is 0 Å². The van der Waals surface area contributed by atoms with Crippen LogP contribution in [0.2, 0.25) is 0 Å². The van der Waals surface area contributed by atoms with Crippen LogP contribution in [0.5, 0.6) is 0 Å². The summed E-state index contributed by atoms with van der Waals surface area (Å²) >= 11 is 0. The first-order chi connectivity index (χ1) is 13.8. The van der Waals surface area contributed by atoms with Crippen LogP contribution in [-0.4, -0.2) is 19.9 Å². The molecule has 2 aromatic heterocycles. The Hall–Kier alpha value is -2.24. The van der Waals surface area contributed by atoms with Gasteiger partial charge in [-0.05, 0) is 0 Å². The predicted octanol–water partition coefficient (Wildman–Crippen LogP) is 1.51. The maximum atomic E-state index is 10.2. The van der Waals surface area contributed by atoms with Gasteiger partial charge in [0.1, 0.15) is 0 Å². The summed E-state index contributed by atoms with van der Waals surface area (Å²) in [5.74, 6) is 0. The average Bonchev–Trinajstić information content (AvgIpc) is 2.84. The molecule has 6 nitrogen and oxygen atoms in total. The van der Waals surface area contributed by atoms with Gasteiger partial charge >= 0.3 is 0 Å². The fraction of sp³-hybridized carbons (Fsp3) is 0. The summed E-state index contributed by atoms with van der Waals surface area (Å²) in [6.07, 6.45) is 5.59. The second-order valence-corrected chi connectivity index (χ2v) is 2.20. The second kappa shape index (κ2) is 5.41. The van der Waals surface area contributed by atoms with E-state index in [0.29, 0.717) is 0 Å². The molecule has 0 amide bonds. The molecular weight excluding hydrogens is 184 g/mol. The van der Waals surface area contributed by atoms with Gasteiger partial charge in [0.15, 0.2) is 0 Å². The third-order valence-corrected chi connectivity index (χ3v) is 1.19. The topological polar surface area (TPSA) is 91.5 Å². The minimum Gasteiger partial charge on any atom is -0.313 e. The van der Waals surface area contributed by atoms with E-state index < -0.39 is 0 Å². The molecule has 0 aliphatic rings. The van der Waals surface area contributed by atoms with E-state index in [1.807, 2.05) is 0 Å². The van der Waals surface area contributed by atoms with Gasteiger partial charge in [0.25, 0.3) is 11.1 Å². The summed E-state index contributed by atoms with van der Waals surface area (Å²) in [5, 5.41) is 0. The smallest absolute Gasteiger partial charge is 0.250 e. The fourth-order valence-corrected chi connectivity index (χ4v) is 0.606. The Morgan fingerprint density at radius 3 is 1.57 bits per heavy atom. The van der Waals surface area contributed by atoms with Crippen molar-refractivity contribution in [2.75, 3.05) is 0 Å². The van der Waals surface area contributed by atoms with Gasteiger partial charge in [-0.2, -0.15) is 0 Å². The van der Waals surface area contributed by atoms with Crippen LogP contribution in [0, 0.1) is 0 Å². The molecule has 0 bridgehead atoms. The van der Waals surface area contributed by atoms with Crippen molar-refractivity contribution < 1.29 is 22.2 Å². The van der Waals surface area contributed by atoms with Crippen LogP contribution in [0.15, 0.2) is 46.8 Å². The number of H-pyrrole nitrogens is 2. The lowest BCUT2D eigenvalue weighted by molar-refractivity contribution is 1.12. The molecule has 0 unspecified atom stereocenters. The lowest BCUT2D eigenvalue weighted by Gasteiger charge is -1.73. The van der Waals surface area contributed by atoms with E-state index in [1.165, 1.54) is 37.2 Å². The average molecular weight is 223 g/mol. The van der Waals surface area contributed by atoms with Gasteiger partial charge in [-0.3, -0.25) is 9.59 Å². The van der Waals surface area contributed by atoms with Crippen molar-refractivity contribution >= 4 is 0 Å². The van der Waals surface area contributed by atoms with Crippen LogP contribution in [0.4, 0.5) is 0 Å². The Kier molecular flexibility index (Phi) is 1.50. The zero-order valence-electron chi connectivity index (χ0n) is 21.2. The Morgan fingerprint density at radius 2 is 1.43 bits per heavy atom. The van der Waals surface area contributed by atoms with Crippen LogP contribution in [0.1, 0.15) is 22.2 Å². The lowest BCUT2D eigenvalue weighted by atomic mass is 10.7. The highest BCUT2D eigenvalue weighted by molar-refractivity contribution is 4.77. The first-order valence-electron chi connectivity index (χ1n) is 10.8. The first-order valence-corrected chi connectivity index (χ1v) is 3.76. The molecule has 0 aliphatic heterocycles. The Labute approximate surface area is 102 Å². The highest BCUT2D eigenvalue weighted by Crippen LogP contribution is 1.58. The highest BCUT2D eigenvalue weighted by atomic mass is 16.1. The summed E-state index contributed by atoms with van der Waals surface area (Å²) in [5.41, 5.74) is -0.231. The van der Waals surface area contributed by atoms with Gasteiger partial charge in [0.2, 0.25) is 0 Å².